The Morgan fingerprint density at radius 2 is 2.00 bits per heavy atom. The predicted molar refractivity (Wildman–Crippen MR) is 64.5 cm³/mol. The van der Waals surface area contributed by atoms with Gasteiger partial charge in [-0.25, -0.2) is 4.79 Å². The van der Waals surface area contributed by atoms with Gasteiger partial charge in [-0.1, -0.05) is 12.1 Å². The summed E-state index contributed by atoms with van der Waals surface area (Å²) in [4.78, 5) is 21.4. The van der Waals surface area contributed by atoms with E-state index in [-0.39, 0.29) is 5.95 Å². The zero-order valence-electron chi connectivity index (χ0n) is 9.23. The Balaban J connectivity index is 2.12. The maximum Gasteiger partial charge on any atom is 0.349 e. The third kappa shape index (κ3) is 1.80. The molecule has 5 nitrogen and oxygen atoms in total. The summed E-state index contributed by atoms with van der Waals surface area (Å²) in [5, 5.41) is 0. The van der Waals surface area contributed by atoms with Gasteiger partial charge in [0.2, 0.25) is 5.95 Å². The number of benzene rings is 1. The number of nitrogen functional groups attached to an aromatic ring is 1. The van der Waals surface area contributed by atoms with E-state index >= 15 is 0 Å². The van der Waals surface area contributed by atoms with E-state index in [9.17, 15) is 4.79 Å². The molecule has 86 valence electrons. The van der Waals surface area contributed by atoms with Crippen molar-refractivity contribution < 1.29 is 0 Å². The molecule has 1 heterocycles. The first kappa shape index (κ1) is 10.0. The van der Waals surface area contributed by atoms with Crippen molar-refractivity contribution >= 4 is 5.95 Å². The van der Waals surface area contributed by atoms with Crippen LogP contribution in [0, 0.1) is 0 Å². The van der Waals surface area contributed by atoms with Crippen molar-refractivity contribution in [3.63, 3.8) is 0 Å². The number of nitrogens with two attached hydrogens (primary N) is 1. The topological polar surface area (TPSA) is 84.7 Å². The number of nitrogens with zero attached hydrogens (tertiary/aromatic N) is 2. The van der Waals surface area contributed by atoms with E-state index in [1.165, 1.54) is 17.5 Å². The molecule has 1 aliphatic carbocycles. The molecule has 0 spiro atoms. The first-order valence-corrected chi connectivity index (χ1v) is 5.58. The number of fused-ring (bicyclic) bond motifs is 1. The van der Waals surface area contributed by atoms with Crippen molar-refractivity contribution in [1.29, 1.82) is 0 Å². The fourth-order valence-corrected chi connectivity index (χ4v) is 2.26. The van der Waals surface area contributed by atoms with Gasteiger partial charge >= 0.3 is 5.69 Å². The second-order valence-electron chi connectivity index (χ2n) is 4.20. The lowest BCUT2D eigenvalue weighted by atomic mass is 10.1. The van der Waals surface area contributed by atoms with Crippen LogP contribution in [0.5, 0.6) is 0 Å². The molecule has 0 fully saturated rings. The van der Waals surface area contributed by atoms with Gasteiger partial charge < -0.3 is 5.73 Å². The molecule has 1 aromatic carbocycles. The standard InChI is InChI=1S/C12H12N4O/c13-11-14-10(15-12(17)16-11)9-5-4-7-2-1-3-8(7)6-9/h4-6H,1-3H2,(H3,13,14,15,16,17). The minimum Gasteiger partial charge on any atom is -0.368 e. The molecule has 0 radical (unpaired) electrons. The third-order valence-corrected chi connectivity index (χ3v) is 3.04. The average molecular weight is 228 g/mol. The number of aromatic nitrogens is 3. The van der Waals surface area contributed by atoms with Crippen LogP contribution in [0.1, 0.15) is 17.5 Å². The zero-order valence-corrected chi connectivity index (χ0v) is 9.23. The summed E-state index contributed by atoms with van der Waals surface area (Å²) in [6, 6.07) is 6.12. The number of hydrogen-bond acceptors (Lipinski definition) is 4. The van der Waals surface area contributed by atoms with Gasteiger partial charge in [-0.05, 0) is 36.5 Å². The Bertz CT molecular complexity index is 633. The van der Waals surface area contributed by atoms with Crippen molar-refractivity contribution in [2.45, 2.75) is 19.3 Å². The molecule has 17 heavy (non-hydrogen) atoms. The van der Waals surface area contributed by atoms with E-state index in [0.717, 1.165) is 18.4 Å². The summed E-state index contributed by atoms with van der Waals surface area (Å²) in [5.41, 5.74) is 8.61. The van der Waals surface area contributed by atoms with Crippen molar-refractivity contribution in [1.82, 2.24) is 15.0 Å². The number of nitrogens with one attached hydrogen (secondary N) is 1. The summed E-state index contributed by atoms with van der Waals surface area (Å²) in [5.74, 6) is 0.487. The third-order valence-electron chi connectivity index (χ3n) is 3.04. The summed E-state index contributed by atoms with van der Waals surface area (Å²) >= 11 is 0. The highest BCUT2D eigenvalue weighted by Crippen LogP contribution is 2.26. The van der Waals surface area contributed by atoms with E-state index in [0.29, 0.717) is 5.82 Å². The first-order valence-electron chi connectivity index (χ1n) is 5.58. The number of anilines is 1. The summed E-state index contributed by atoms with van der Waals surface area (Å²) in [6.45, 7) is 0. The Labute approximate surface area is 97.7 Å². The summed E-state index contributed by atoms with van der Waals surface area (Å²) in [6.07, 6.45) is 3.42. The highest BCUT2D eigenvalue weighted by Gasteiger charge is 2.12. The molecule has 1 aliphatic rings. The number of hydrogen-bond donors (Lipinski definition) is 2. The Kier molecular flexibility index (Phi) is 2.18. The average Bonchev–Trinajstić information content (AvgIpc) is 2.74. The fraction of sp³-hybridized carbons (Fsp3) is 0.250. The number of rotatable bonds is 1. The summed E-state index contributed by atoms with van der Waals surface area (Å²) < 4.78 is 0. The molecule has 0 bridgehead atoms. The van der Waals surface area contributed by atoms with E-state index < -0.39 is 5.69 Å². The number of aromatic amines is 1. The van der Waals surface area contributed by atoms with Crippen LogP contribution in [0.4, 0.5) is 5.95 Å². The van der Waals surface area contributed by atoms with Crippen LogP contribution in [-0.2, 0) is 12.8 Å². The van der Waals surface area contributed by atoms with Crippen LogP contribution in [0.3, 0.4) is 0 Å². The van der Waals surface area contributed by atoms with Crippen LogP contribution in [0.15, 0.2) is 23.0 Å². The number of H-pyrrole nitrogens is 1. The SMILES string of the molecule is Nc1nc(-c2ccc3c(c2)CCC3)[nH]c(=O)n1. The maximum absolute atomic E-state index is 11.2. The zero-order chi connectivity index (χ0) is 11.8. The normalized spacial score (nSPS) is 13.6. The monoisotopic (exact) mass is 228 g/mol. The molecule has 1 aromatic heterocycles. The molecule has 2 aromatic rings. The quantitative estimate of drug-likeness (QED) is 0.759. The van der Waals surface area contributed by atoms with Crippen molar-refractivity contribution in [2.24, 2.45) is 0 Å². The van der Waals surface area contributed by atoms with E-state index in [1.54, 1.807) is 0 Å². The van der Waals surface area contributed by atoms with Gasteiger partial charge in [0.1, 0.15) is 5.82 Å². The fourth-order valence-electron chi connectivity index (χ4n) is 2.26. The van der Waals surface area contributed by atoms with Crippen molar-refractivity contribution in [3.8, 4) is 11.4 Å². The molecular weight excluding hydrogens is 216 g/mol. The molecule has 0 saturated heterocycles. The molecule has 0 aliphatic heterocycles. The van der Waals surface area contributed by atoms with Gasteiger partial charge in [-0.15, -0.1) is 0 Å². The van der Waals surface area contributed by atoms with Crippen molar-refractivity contribution in [3.05, 3.63) is 39.8 Å². The van der Waals surface area contributed by atoms with Crippen LogP contribution < -0.4 is 11.4 Å². The van der Waals surface area contributed by atoms with Crippen LogP contribution >= 0.6 is 0 Å². The largest absolute Gasteiger partial charge is 0.368 e. The second-order valence-corrected chi connectivity index (χ2v) is 4.20. The van der Waals surface area contributed by atoms with Crippen LogP contribution in [-0.4, -0.2) is 15.0 Å². The summed E-state index contributed by atoms with van der Waals surface area (Å²) in [7, 11) is 0. The van der Waals surface area contributed by atoms with Gasteiger partial charge in [-0.3, -0.25) is 4.98 Å². The van der Waals surface area contributed by atoms with Gasteiger partial charge in [0.25, 0.3) is 0 Å². The molecule has 0 amide bonds. The molecule has 0 saturated carbocycles. The molecule has 5 heteroatoms. The lowest BCUT2D eigenvalue weighted by Crippen LogP contribution is -2.15. The predicted octanol–water partition coefficient (Wildman–Crippen LogP) is 0.903. The molecule has 3 rings (SSSR count). The molecular formula is C12H12N4O. The van der Waals surface area contributed by atoms with E-state index in [2.05, 4.69) is 27.1 Å². The first-order chi connectivity index (χ1) is 8.22. The number of aryl methyl sites for hydroxylation is 2. The lowest BCUT2D eigenvalue weighted by molar-refractivity contribution is 0.911. The Hall–Kier alpha value is -2.17. The molecule has 0 unspecified atom stereocenters. The van der Waals surface area contributed by atoms with E-state index in [1.807, 2.05) is 6.07 Å². The minimum absolute atomic E-state index is 0.00393. The van der Waals surface area contributed by atoms with Crippen LogP contribution in [0.25, 0.3) is 11.4 Å². The second kappa shape index (κ2) is 3.69. The Morgan fingerprint density at radius 3 is 2.82 bits per heavy atom. The van der Waals surface area contributed by atoms with Gasteiger partial charge in [-0.2, -0.15) is 9.97 Å². The van der Waals surface area contributed by atoms with Gasteiger partial charge in [0.15, 0.2) is 0 Å². The molecule has 0 atom stereocenters. The Morgan fingerprint density at radius 1 is 1.18 bits per heavy atom. The smallest absolute Gasteiger partial charge is 0.349 e. The van der Waals surface area contributed by atoms with Crippen molar-refractivity contribution in [2.75, 3.05) is 5.73 Å². The highest BCUT2D eigenvalue weighted by atomic mass is 16.1. The minimum atomic E-state index is -0.465. The van der Waals surface area contributed by atoms with Gasteiger partial charge in [0, 0.05) is 5.56 Å². The van der Waals surface area contributed by atoms with E-state index in [4.69, 9.17) is 5.73 Å². The highest BCUT2D eigenvalue weighted by molar-refractivity contribution is 5.58. The van der Waals surface area contributed by atoms with Crippen LogP contribution in [0.2, 0.25) is 0 Å². The molecule has 3 N–H and O–H groups in total. The lowest BCUT2D eigenvalue weighted by Gasteiger charge is -2.04. The van der Waals surface area contributed by atoms with Gasteiger partial charge in [0.05, 0.1) is 0 Å². The maximum atomic E-state index is 11.2.